The Labute approximate surface area is 103 Å². The van der Waals surface area contributed by atoms with E-state index in [1.807, 2.05) is 0 Å². The summed E-state index contributed by atoms with van der Waals surface area (Å²) in [5.41, 5.74) is 0. The first kappa shape index (κ1) is 12.4. The van der Waals surface area contributed by atoms with Crippen molar-refractivity contribution in [2.45, 2.75) is 58.0 Å². The van der Waals surface area contributed by atoms with Gasteiger partial charge in [-0.1, -0.05) is 13.3 Å². The van der Waals surface area contributed by atoms with Crippen molar-refractivity contribution in [3.05, 3.63) is 0 Å². The highest BCUT2D eigenvalue weighted by atomic mass is 16.2. The number of rotatable bonds is 2. The summed E-state index contributed by atoms with van der Waals surface area (Å²) in [5.74, 6) is 0.886. The number of nitrogens with zero attached hydrogens (tertiary/aromatic N) is 1. The fourth-order valence-electron chi connectivity index (χ4n) is 3.00. The van der Waals surface area contributed by atoms with Gasteiger partial charge in [0, 0.05) is 6.04 Å². The van der Waals surface area contributed by atoms with Gasteiger partial charge < -0.3 is 10.2 Å². The van der Waals surface area contributed by atoms with Crippen LogP contribution < -0.4 is 5.32 Å². The van der Waals surface area contributed by atoms with Crippen molar-refractivity contribution < 1.29 is 9.59 Å². The average molecular weight is 238 g/mol. The van der Waals surface area contributed by atoms with Crippen LogP contribution in [0.15, 0.2) is 0 Å². The largest absolute Gasteiger partial charge is 0.343 e. The van der Waals surface area contributed by atoms with Crippen LogP contribution in [0.4, 0.5) is 0 Å². The topological polar surface area (TPSA) is 49.4 Å². The molecule has 4 nitrogen and oxygen atoms in total. The molecule has 1 atom stereocenters. The number of hydrogen-bond donors (Lipinski definition) is 1. The highest BCUT2D eigenvalue weighted by Crippen LogP contribution is 2.30. The molecule has 1 unspecified atom stereocenters. The number of piperazine rings is 1. The minimum absolute atomic E-state index is 0.0188. The summed E-state index contributed by atoms with van der Waals surface area (Å²) in [5, 5.41) is 2.69. The number of hydrogen-bond acceptors (Lipinski definition) is 2. The van der Waals surface area contributed by atoms with Gasteiger partial charge in [-0.3, -0.25) is 9.59 Å². The lowest BCUT2D eigenvalue weighted by Gasteiger charge is -2.40. The third-order valence-electron chi connectivity index (χ3n) is 4.18. The van der Waals surface area contributed by atoms with Gasteiger partial charge in [0.1, 0.15) is 6.04 Å². The van der Waals surface area contributed by atoms with Gasteiger partial charge in [-0.25, -0.2) is 0 Å². The number of carbonyl (C=O) groups is 2. The van der Waals surface area contributed by atoms with E-state index in [-0.39, 0.29) is 24.4 Å². The van der Waals surface area contributed by atoms with Crippen LogP contribution in [-0.4, -0.2) is 35.3 Å². The van der Waals surface area contributed by atoms with Crippen molar-refractivity contribution in [2.24, 2.45) is 5.92 Å². The molecule has 1 saturated carbocycles. The van der Waals surface area contributed by atoms with Crippen LogP contribution in [0.25, 0.3) is 0 Å². The van der Waals surface area contributed by atoms with E-state index in [4.69, 9.17) is 0 Å². The Hall–Kier alpha value is -1.06. The number of amides is 2. The molecule has 0 bridgehead atoms. The maximum Gasteiger partial charge on any atom is 0.245 e. The predicted octanol–water partition coefficient (Wildman–Crippen LogP) is 1.30. The van der Waals surface area contributed by atoms with E-state index in [0.29, 0.717) is 6.04 Å². The zero-order valence-corrected chi connectivity index (χ0v) is 10.7. The second-order valence-electron chi connectivity index (χ2n) is 5.34. The molecule has 1 aliphatic carbocycles. The molecule has 96 valence electrons. The molecule has 0 aromatic rings. The summed E-state index contributed by atoms with van der Waals surface area (Å²) in [7, 11) is 0. The summed E-state index contributed by atoms with van der Waals surface area (Å²) in [4.78, 5) is 25.3. The van der Waals surface area contributed by atoms with E-state index in [0.717, 1.165) is 18.8 Å². The maximum absolute atomic E-state index is 12.0. The lowest BCUT2D eigenvalue weighted by molar-refractivity contribution is -0.146. The molecule has 0 aromatic carbocycles. The van der Waals surface area contributed by atoms with E-state index in [1.165, 1.54) is 19.3 Å². The van der Waals surface area contributed by atoms with Crippen LogP contribution in [0, 0.1) is 5.92 Å². The summed E-state index contributed by atoms with van der Waals surface area (Å²) in [6.07, 6.45) is 5.74. The van der Waals surface area contributed by atoms with Crippen LogP contribution in [0.1, 0.15) is 46.0 Å². The van der Waals surface area contributed by atoms with Crippen molar-refractivity contribution in [1.29, 1.82) is 0 Å². The summed E-state index contributed by atoms with van der Waals surface area (Å²) in [6, 6.07) is -0.0565. The predicted molar refractivity (Wildman–Crippen MR) is 65.4 cm³/mol. The van der Waals surface area contributed by atoms with Crippen molar-refractivity contribution >= 4 is 11.8 Å². The zero-order chi connectivity index (χ0) is 12.4. The Morgan fingerprint density at radius 1 is 1.24 bits per heavy atom. The van der Waals surface area contributed by atoms with E-state index in [2.05, 4.69) is 12.2 Å². The molecular formula is C13H22N2O2. The van der Waals surface area contributed by atoms with E-state index in [1.54, 1.807) is 11.8 Å². The molecule has 1 saturated heterocycles. The van der Waals surface area contributed by atoms with Crippen molar-refractivity contribution in [1.82, 2.24) is 10.2 Å². The van der Waals surface area contributed by atoms with Gasteiger partial charge in [-0.15, -0.1) is 0 Å². The van der Waals surface area contributed by atoms with Gasteiger partial charge in [0.25, 0.3) is 0 Å². The SMILES string of the molecule is CCC1CCC(N2CC(=O)NC(C)C2=O)CC1. The molecular weight excluding hydrogens is 216 g/mol. The summed E-state index contributed by atoms with van der Waals surface area (Å²) < 4.78 is 0. The fraction of sp³-hybridized carbons (Fsp3) is 0.846. The van der Waals surface area contributed by atoms with Crippen LogP contribution in [0.5, 0.6) is 0 Å². The van der Waals surface area contributed by atoms with Crippen molar-refractivity contribution in [3.8, 4) is 0 Å². The van der Waals surface area contributed by atoms with Gasteiger partial charge in [0.15, 0.2) is 0 Å². The van der Waals surface area contributed by atoms with E-state index in [9.17, 15) is 9.59 Å². The molecule has 0 radical (unpaired) electrons. The average Bonchev–Trinajstić information content (AvgIpc) is 2.34. The van der Waals surface area contributed by atoms with Gasteiger partial charge in [-0.05, 0) is 38.5 Å². The third kappa shape index (κ3) is 2.61. The highest BCUT2D eigenvalue weighted by Gasteiger charge is 2.35. The Balaban J connectivity index is 1.97. The summed E-state index contributed by atoms with van der Waals surface area (Å²) in [6.45, 7) is 4.25. The molecule has 0 aromatic heterocycles. The highest BCUT2D eigenvalue weighted by molar-refractivity contribution is 5.94. The standard InChI is InChI=1S/C13H22N2O2/c1-3-10-4-6-11(7-5-10)15-8-12(16)14-9(2)13(15)17/h9-11H,3-8H2,1-2H3,(H,14,16). The molecule has 1 heterocycles. The Kier molecular flexibility index (Phi) is 3.69. The molecule has 1 aliphatic heterocycles. The molecule has 0 spiro atoms. The second kappa shape index (κ2) is 5.07. The Bertz CT molecular complexity index is 309. The summed E-state index contributed by atoms with van der Waals surface area (Å²) >= 11 is 0. The number of nitrogens with one attached hydrogen (secondary N) is 1. The fourth-order valence-corrected chi connectivity index (χ4v) is 3.00. The first-order chi connectivity index (χ1) is 8.11. The third-order valence-corrected chi connectivity index (χ3v) is 4.18. The minimum atomic E-state index is -0.347. The first-order valence-electron chi connectivity index (χ1n) is 6.71. The molecule has 2 fully saturated rings. The normalized spacial score (nSPS) is 34.7. The molecule has 4 heteroatoms. The monoisotopic (exact) mass is 238 g/mol. The Morgan fingerprint density at radius 3 is 2.47 bits per heavy atom. The van der Waals surface area contributed by atoms with Gasteiger partial charge >= 0.3 is 0 Å². The van der Waals surface area contributed by atoms with Gasteiger partial charge in [0.05, 0.1) is 6.54 Å². The molecule has 2 rings (SSSR count). The lowest BCUT2D eigenvalue weighted by Crippen LogP contribution is -2.60. The smallest absolute Gasteiger partial charge is 0.245 e. The van der Waals surface area contributed by atoms with E-state index < -0.39 is 0 Å². The van der Waals surface area contributed by atoms with Gasteiger partial charge in [0.2, 0.25) is 11.8 Å². The molecule has 2 aliphatic rings. The maximum atomic E-state index is 12.0. The first-order valence-corrected chi connectivity index (χ1v) is 6.71. The van der Waals surface area contributed by atoms with E-state index >= 15 is 0 Å². The molecule has 17 heavy (non-hydrogen) atoms. The minimum Gasteiger partial charge on any atom is -0.343 e. The van der Waals surface area contributed by atoms with Crippen LogP contribution in [0.3, 0.4) is 0 Å². The van der Waals surface area contributed by atoms with Crippen LogP contribution in [0.2, 0.25) is 0 Å². The van der Waals surface area contributed by atoms with Gasteiger partial charge in [-0.2, -0.15) is 0 Å². The van der Waals surface area contributed by atoms with Crippen LogP contribution >= 0.6 is 0 Å². The quantitative estimate of drug-likeness (QED) is 0.788. The molecule has 1 N–H and O–H groups in total. The van der Waals surface area contributed by atoms with Crippen molar-refractivity contribution in [3.63, 3.8) is 0 Å². The number of carbonyl (C=O) groups excluding carboxylic acids is 2. The lowest BCUT2D eigenvalue weighted by atomic mass is 9.83. The van der Waals surface area contributed by atoms with Crippen LogP contribution in [-0.2, 0) is 9.59 Å². The molecule has 2 amide bonds. The second-order valence-corrected chi connectivity index (χ2v) is 5.34. The zero-order valence-electron chi connectivity index (χ0n) is 10.7. The Morgan fingerprint density at radius 2 is 1.88 bits per heavy atom. The van der Waals surface area contributed by atoms with Crippen molar-refractivity contribution in [2.75, 3.05) is 6.54 Å².